The van der Waals surface area contributed by atoms with Gasteiger partial charge >= 0.3 is 5.97 Å². The fourth-order valence-corrected chi connectivity index (χ4v) is 5.51. The zero-order chi connectivity index (χ0) is 28.6. The SMILES string of the molecule is CCOC(=O)C(Cc1ccccc1)NC(=O)[C@H](Cc1ccccc1)n1cc(COc2ccc3nc(S)sc3c2)nn1. The Morgan fingerprint density at radius 2 is 1.71 bits per heavy atom. The third-order valence-electron chi connectivity index (χ3n) is 6.36. The van der Waals surface area contributed by atoms with Crippen molar-refractivity contribution < 1.29 is 19.1 Å². The van der Waals surface area contributed by atoms with E-state index >= 15 is 0 Å². The molecular formula is C30H29N5O4S2. The Hall–Kier alpha value is -4.22. The Morgan fingerprint density at radius 3 is 2.41 bits per heavy atom. The van der Waals surface area contributed by atoms with E-state index in [1.807, 2.05) is 78.9 Å². The summed E-state index contributed by atoms with van der Waals surface area (Å²) in [5.74, 6) is -0.182. The summed E-state index contributed by atoms with van der Waals surface area (Å²) < 4.78 is 14.4. The molecule has 0 aliphatic carbocycles. The van der Waals surface area contributed by atoms with Gasteiger partial charge in [-0.05, 0) is 36.2 Å². The van der Waals surface area contributed by atoms with Crippen molar-refractivity contribution in [1.82, 2.24) is 25.3 Å². The molecule has 0 fully saturated rings. The first-order valence-corrected chi connectivity index (χ1v) is 14.4. The number of fused-ring (bicyclic) bond motifs is 1. The van der Waals surface area contributed by atoms with Crippen LogP contribution < -0.4 is 10.1 Å². The predicted octanol–water partition coefficient (Wildman–Crippen LogP) is 4.83. The third-order valence-corrected chi connectivity index (χ3v) is 7.55. The Kier molecular flexibility index (Phi) is 9.27. The fraction of sp³-hybridized carbons (Fsp3) is 0.233. The molecule has 11 heteroatoms. The highest BCUT2D eigenvalue weighted by Crippen LogP contribution is 2.28. The number of thiol groups is 1. The number of nitrogens with one attached hydrogen (secondary N) is 1. The first kappa shape index (κ1) is 28.3. The van der Waals surface area contributed by atoms with E-state index in [0.717, 1.165) is 21.3 Å². The van der Waals surface area contributed by atoms with E-state index in [9.17, 15) is 9.59 Å². The van der Waals surface area contributed by atoms with Gasteiger partial charge in [-0.2, -0.15) is 0 Å². The Labute approximate surface area is 246 Å². The molecule has 0 spiro atoms. The number of hydrogen-bond acceptors (Lipinski definition) is 9. The summed E-state index contributed by atoms with van der Waals surface area (Å²) in [5, 5.41) is 11.4. The van der Waals surface area contributed by atoms with Gasteiger partial charge in [0.05, 0.1) is 23.0 Å². The largest absolute Gasteiger partial charge is 0.487 e. The van der Waals surface area contributed by atoms with Crippen molar-refractivity contribution in [2.24, 2.45) is 0 Å². The van der Waals surface area contributed by atoms with Crippen LogP contribution in [-0.4, -0.2) is 44.5 Å². The molecule has 2 aromatic heterocycles. The van der Waals surface area contributed by atoms with Gasteiger partial charge in [0, 0.05) is 12.8 Å². The molecule has 2 atom stereocenters. The van der Waals surface area contributed by atoms with Gasteiger partial charge in [0.1, 0.15) is 34.5 Å². The maximum Gasteiger partial charge on any atom is 0.328 e. The molecule has 5 aromatic rings. The van der Waals surface area contributed by atoms with Crippen LogP contribution in [0.3, 0.4) is 0 Å². The maximum atomic E-state index is 13.7. The van der Waals surface area contributed by atoms with Gasteiger partial charge in [-0.25, -0.2) is 14.5 Å². The number of hydrogen-bond donors (Lipinski definition) is 2. The van der Waals surface area contributed by atoms with Gasteiger partial charge in [0.2, 0.25) is 5.91 Å². The molecule has 0 bridgehead atoms. The summed E-state index contributed by atoms with van der Waals surface area (Å²) in [6, 6.07) is 23.2. The van der Waals surface area contributed by atoms with E-state index in [2.05, 4.69) is 33.2 Å². The molecule has 0 radical (unpaired) electrons. The molecule has 5 rings (SSSR count). The van der Waals surface area contributed by atoms with Gasteiger partial charge in [-0.1, -0.05) is 65.9 Å². The number of carbonyl (C=O) groups excluding carboxylic acids is 2. The van der Waals surface area contributed by atoms with Crippen LogP contribution >= 0.6 is 24.0 Å². The molecule has 1 N–H and O–H groups in total. The molecule has 9 nitrogen and oxygen atoms in total. The van der Waals surface area contributed by atoms with Crippen molar-refractivity contribution >= 4 is 46.1 Å². The number of aromatic nitrogens is 4. The molecule has 1 amide bonds. The Bertz CT molecular complexity index is 1610. The van der Waals surface area contributed by atoms with Crippen LogP contribution in [-0.2, 0) is 33.8 Å². The second-order valence-corrected chi connectivity index (χ2v) is 11.1. The molecule has 2 heterocycles. The van der Waals surface area contributed by atoms with E-state index in [4.69, 9.17) is 9.47 Å². The number of carbonyl (C=O) groups is 2. The number of rotatable bonds is 12. The van der Waals surface area contributed by atoms with Crippen LogP contribution in [0.1, 0.15) is 29.8 Å². The highest BCUT2D eigenvalue weighted by atomic mass is 32.2. The zero-order valence-corrected chi connectivity index (χ0v) is 24.1. The van der Waals surface area contributed by atoms with Crippen LogP contribution in [0.4, 0.5) is 0 Å². The molecule has 210 valence electrons. The number of nitrogens with zero attached hydrogens (tertiary/aromatic N) is 4. The number of thiazole rings is 1. The van der Waals surface area contributed by atoms with Gasteiger partial charge in [-0.15, -0.1) is 29.1 Å². The summed E-state index contributed by atoms with van der Waals surface area (Å²) >= 11 is 5.79. The minimum absolute atomic E-state index is 0.164. The summed E-state index contributed by atoms with van der Waals surface area (Å²) in [5.41, 5.74) is 3.27. The van der Waals surface area contributed by atoms with Gasteiger partial charge in [-0.3, -0.25) is 4.79 Å². The number of ether oxygens (including phenoxy) is 2. The Morgan fingerprint density at radius 1 is 1.00 bits per heavy atom. The van der Waals surface area contributed by atoms with Crippen LogP contribution in [0.25, 0.3) is 10.2 Å². The quantitative estimate of drug-likeness (QED) is 0.159. The fourth-order valence-electron chi connectivity index (χ4n) is 4.37. The minimum Gasteiger partial charge on any atom is -0.487 e. The summed E-state index contributed by atoms with van der Waals surface area (Å²) in [6.45, 7) is 2.12. The molecule has 0 saturated carbocycles. The van der Waals surface area contributed by atoms with E-state index in [0.29, 0.717) is 28.6 Å². The second-order valence-electron chi connectivity index (χ2n) is 9.31. The smallest absolute Gasteiger partial charge is 0.328 e. The molecule has 3 aromatic carbocycles. The summed E-state index contributed by atoms with van der Waals surface area (Å²) in [4.78, 5) is 30.9. The first-order valence-electron chi connectivity index (χ1n) is 13.2. The zero-order valence-electron chi connectivity index (χ0n) is 22.3. The monoisotopic (exact) mass is 587 g/mol. The average Bonchev–Trinajstić information content (AvgIpc) is 3.61. The van der Waals surface area contributed by atoms with Crippen LogP contribution in [0.15, 0.2) is 89.4 Å². The number of amides is 1. The van der Waals surface area contributed by atoms with Crippen LogP contribution in [0.5, 0.6) is 5.75 Å². The highest BCUT2D eigenvalue weighted by molar-refractivity contribution is 7.82. The van der Waals surface area contributed by atoms with Gasteiger partial charge < -0.3 is 14.8 Å². The molecular weight excluding hydrogens is 558 g/mol. The van der Waals surface area contributed by atoms with E-state index < -0.39 is 18.1 Å². The van der Waals surface area contributed by atoms with Crippen LogP contribution in [0, 0.1) is 0 Å². The topological polar surface area (TPSA) is 108 Å². The van der Waals surface area contributed by atoms with Crippen molar-refractivity contribution in [1.29, 1.82) is 0 Å². The minimum atomic E-state index is -0.853. The van der Waals surface area contributed by atoms with Crippen molar-refractivity contribution in [3.8, 4) is 5.75 Å². The van der Waals surface area contributed by atoms with Gasteiger partial charge in [0.25, 0.3) is 0 Å². The lowest BCUT2D eigenvalue weighted by molar-refractivity contribution is -0.147. The first-order chi connectivity index (χ1) is 20.0. The predicted molar refractivity (Wildman–Crippen MR) is 159 cm³/mol. The van der Waals surface area contributed by atoms with Crippen molar-refractivity contribution in [3.05, 3.63) is 102 Å². The third kappa shape index (κ3) is 7.50. The molecule has 0 aliphatic rings. The molecule has 0 saturated heterocycles. The van der Waals surface area contributed by atoms with Crippen molar-refractivity contribution in [2.75, 3.05) is 6.61 Å². The molecule has 1 unspecified atom stereocenters. The average molecular weight is 588 g/mol. The summed E-state index contributed by atoms with van der Waals surface area (Å²) in [7, 11) is 0. The van der Waals surface area contributed by atoms with E-state index in [-0.39, 0.29) is 19.1 Å². The van der Waals surface area contributed by atoms with Crippen LogP contribution in [0.2, 0.25) is 0 Å². The normalized spacial score (nSPS) is 12.5. The lowest BCUT2D eigenvalue weighted by atomic mass is 10.0. The van der Waals surface area contributed by atoms with E-state index in [1.165, 1.54) is 16.0 Å². The van der Waals surface area contributed by atoms with E-state index in [1.54, 1.807) is 13.1 Å². The molecule has 41 heavy (non-hydrogen) atoms. The van der Waals surface area contributed by atoms with Crippen molar-refractivity contribution in [3.63, 3.8) is 0 Å². The highest BCUT2D eigenvalue weighted by Gasteiger charge is 2.29. The number of benzene rings is 3. The van der Waals surface area contributed by atoms with Crippen molar-refractivity contribution in [2.45, 2.75) is 42.8 Å². The van der Waals surface area contributed by atoms with Gasteiger partial charge in [0.15, 0.2) is 0 Å². The number of esters is 1. The Balaban J connectivity index is 1.33. The maximum absolute atomic E-state index is 13.7. The lowest BCUT2D eigenvalue weighted by Gasteiger charge is -2.22. The molecule has 0 aliphatic heterocycles. The lowest BCUT2D eigenvalue weighted by Crippen LogP contribution is -2.46. The summed E-state index contributed by atoms with van der Waals surface area (Å²) in [6.07, 6.45) is 2.35. The standard InChI is InChI=1S/C30H29N5O4S2/c1-2-38-29(37)25(15-20-9-5-3-6-10-20)31-28(36)26(16-21-11-7-4-8-12-21)35-18-22(33-34-35)19-39-23-13-14-24-27(17-23)41-30(40)32-24/h3-14,17-18,25-26H,2,15-16,19H2,1H3,(H,31,36)(H,32,40)/t25?,26-/m0/s1. The second kappa shape index (κ2) is 13.4.